The van der Waals surface area contributed by atoms with E-state index in [9.17, 15) is 8.42 Å². The van der Waals surface area contributed by atoms with Crippen LogP contribution in [-0.4, -0.2) is 30.3 Å². The Hall–Kier alpha value is -1.18. The molecular weight excluding hydrogens is 276 g/mol. The zero-order chi connectivity index (χ0) is 14.2. The average Bonchev–Trinajstić information content (AvgIpc) is 2.95. The topological polar surface area (TPSA) is 88.3 Å². The largest absolute Gasteiger partial charge is 0.308 e. The Labute approximate surface area is 119 Å². The van der Waals surface area contributed by atoms with Crippen LogP contribution in [0.2, 0.25) is 0 Å². The molecule has 0 amide bonds. The van der Waals surface area contributed by atoms with Crippen molar-refractivity contribution >= 4 is 15.8 Å². The van der Waals surface area contributed by atoms with Crippen LogP contribution in [0.5, 0.6) is 0 Å². The number of fused-ring (bicyclic) bond motifs is 1. The SMILES string of the molecule is NNc1ccc(S(=O)(=O)N2CCCC3CCCC32)cn1. The first-order chi connectivity index (χ1) is 9.63. The molecule has 2 heterocycles. The minimum atomic E-state index is -3.44. The van der Waals surface area contributed by atoms with Gasteiger partial charge in [0.25, 0.3) is 0 Å². The summed E-state index contributed by atoms with van der Waals surface area (Å²) >= 11 is 0. The predicted molar refractivity (Wildman–Crippen MR) is 76.3 cm³/mol. The normalized spacial score (nSPS) is 27.2. The molecule has 0 radical (unpaired) electrons. The van der Waals surface area contributed by atoms with Crippen molar-refractivity contribution < 1.29 is 8.42 Å². The molecule has 2 aliphatic rings. The summed E-state index contributed by atoms with van der Waals surface area (Å²) in [5, 5.41) is 0. The molecule has 2 unspecified atom stereocenters. The molecule has 3 rings (SSSR count). The molecule has 2 atom stereocenters. The molecule has 6 nitrogen and oxygen atoms in total. The summed E-state index contributed by atoms with van der Waals surface area (Å²) in [6, 6.07) is 3.33. The van der Waals surface area contributed by atoms with Crippen molar-refractivity contribution in [1.29, 1.82) is 0 Å². The highest BCUT2D eigenvalue weighted by Crippen LogP contribution is 2.39. The predicted octanol–water partition coefficient (Wildman–Crippen LogP) is 1.32. The lowest BCUT2D eigenvalue weighted by Gasteiger charge is -2.36. The third kappa shape index (κ3) is 2.30. The number of anilines is 1. The van der Waals surface area contributed by atoms with E-state index in [4.69, 9.17) is 5.84 Å². The highest BCUT2D eigenvalue weighted by atomic mass is 32.2. The summed E-state index contributed by atoms with van der Waals surface area (Å²) in [6.07, 6.45) is 6.77. The van der Waals surface area contributed by atoms with Crippen LogP contribution in [0.25, 0.3) is 0 Å². The van der Waals surface area contributed by atoms with Gasteiger partial charge in [-0.25, -0.2) is 19.2 Å². The highest BCUT2D eigenvalue weighted by Gasteiger charge is 2.41. The first kappa shape index (κ1) is 13.8. The fourth-order valence-electron chi connectivity index (χ4n) is 3.46. The van der Waals surface area contributed by atoms with Gasteiger partial charge >= 0.3 is 0 Å². The Balaban J connectivity index is 1.89. The fourth-order valence-corrected chi connectivity index (χ4v) is 5.16. The average molecular weight is 296 g/mol. The first-order valence-electron chi connectivity index (χ1n) is 7.07. The maximum atomic E-state index is 12.8. The third-order valence-electron chi connectivity index (χ3n) is 4.43. The van der Waals surface area contributed by atoms with Crippen molar-refractivity contribution in [1.82, 2.24) is 9.29 Å². The van der Waals surface area contributed by atoms with Crippen molar-refractivity contribution in [3.05, 3.63) is 18.3 Å². The van der Waals surface area contributed by atoms with Gasteiger partial charge in [-0.2, -0.15) is 4.31 Å². The third-order valence-corrected chi connectivity index (χ3v) is 6.34. The van der Waals surface area contributed by atoms with Crippen LogP contribution in [0, 0.1) is 5.92 Å². The van der Waals surface area contributed by atoms with Gasteiger partial charge in [-0.05, 0) is 43.7 Å². The van der Waals surface area contributed by atoms with Crippen LogP contribution < -0.4 is 11.3 Å². The lowest BCUT2D eigenvalue weighted by molar-refractivity contribution is 0.202. The van der Waals surface area contributed by atoms with Crippen molar-refractivity contribution in [3.8, 4) is 0 Å². The molecule has 1 aliphatic carbocycles. The minimum absolute atomic E-state index is 0.182. The second-order valence-electron chi connectivity index (χ2n) is 5.54. The fraction of sp³-hybridized carbons (Fsp3) is 0.615. The van der Waals surface area contributed by atoms with Gasteiger partial charge in [-0.15, -0.1) is 0 Å². The van der Waals surface area contributed by atoms with Gasteiger partial charge in [0.1, 0.15) is 10.7 Å². The van der Waals surface area contributed by atoms with Crippen LogP contribution in [0.4, 0.5) is 5.82 Å². The Kier molecular flexibility index (Phi) is 3.66. The van der Waals surface area contributed by atoms with E-state index in [1.165, 1.54) is 6.20 Å². The van der Waals surface area contributed by atoms with E-state index in [0.29, 0.717) is 18.3 Å². The van der Waals surface area contributed by atoms with E-state index in [1.54, 1.807) is 16.4 Å². The number of sulfonamides is 1. The molecule has 0 spiro atoms. The Morgan fingerprint density at radius 2 is 2.05 bits per heavy atom. The van der Waals surface area contributed by atoms with Crippen molar-refractivity contribution in [2.45, 2.75) is 43.0 Å². The van der Waals surface area contributed by atoms with Crippen molar-refractivity contribution in [3.63, 3.8) is 0 Å². The monoisotopic (exact) mass is 296 g/mol. The maximum Gasteiger partial charge on any atom is 0.244 e. The zero-order valence-corrected chi connectivity index (χ0v) is 12.1. The molecule has 1 saturated heterocycles. The molecule has 1 aromatic rings. The highest BCUT2D eigenvalue weighted by molar-refractivity contribution is 7.89. The van der Waals surface area contributed by atoms with E-state index in [2.05, 4.69) is 10.4 Å². The molecule has 0 aromatic carbocycles. The number of rotatable bonds is 3. The number of aromatic nitrogens is 1. The van der Waals surface area contributed by atoms with E-state index >= 15 is 0 Å². The summed E-state index contributed by atoms with van der Waals surface area (Å²) in [6.45, 7) is 0.625. The quantitative estimate of drug-likeness (QED) is 0.649. The van der Waals surface area contributed by atoms with Gasteiger partial charge in [0.2, 0.25) is 10.0 Å². The van der Waals surface area contributed by atoms with Gasteiger partial charge in [-0.3, -0.25) is 0 Å². The number of hydrogen-bond donors (Lipinski definition) is 2. The molecule has 110 valence electrons. The summed E-state index contributed by atoms with van der Waals surface area (Å²) in [5.74, 6) is 6.25. The van der Waals surface area contributed by atoms with Crippen LogP contribution in [0.3, 0.4) is 0 Å². The first-order valence-corrected chi connectivity index (χ1v) is 8.51. The summed E-state index contributed by atoms with van der Waals surface area (Å²) in [7, 11) is -3.44. The smallest absolute Gasteiger partial charge is 0.244 e. The number of nitrogen functional groups attached to an aromatic ring is 1. The number of piperidine rings is 1. The van der Waals surface area contributed by atoms with Crippen LogP contribution in [0.1, 0.15) is 32.1 Å². The second-order valence-corrected chi connectivity index (χ2v) is 7.43. The molecule has 1 aromatic heterocycles. The van der Waals surface area contributed by atoms with Crippen LogP contribution in [-0.2, 0) is 10.0 Å². The number of nitrogens with two attached hydrogens (primary N) is 1. The molecule has 1 saturated carbocycles. The maximum absolute atomic E-state index is 12.8. The molecule has 2 fully saturated rings. The van der Waals surface area contributed by atoms with Gasteiger partial charge < -0.3 is 5.43 Å². The number of hydrogen-bond acceptors (Lipinski definition) is 5. The summed E-state index contributed by atoms with van der Waals surface area (Å²) in [4.78, 5) is 4.26. The Bertz CT molecular complexity index is 573. The van der Waals surface area contributed by atoms with E-state index in [0.717, 1.165) is 32.1 Å². The van der Waals surface area contributed by atoms with E-state index < -0.39 is 10.0 Å². The van der Waals surface area contributed by atoms with E-state index in [1.807, 2.05) is 0 Å². The number of hydrazine groups is 1. The Morgan fingerprint density at radius 3 is 2.75 bits per heavy atom. The number of nitrogens with zero attached hydrogens (tertiary/aromatic N) is 2. The van der Waals surface area contributed by atoms with Gasteiger partial charge in [0.15, 0.2) is 0 Å². The standard InChI is InChI=1S/C13H20N4O2S/c14-16-13-7-6-11(9-15-13)20(18,19)17-8-2-4-10-3-1-5-12(10)17/h6-7,9-10,12H,1-5,8,14H2,(H,15,16). The molecule has 3 N–H and O–H groups in total. The lowest BCUT2D eigenvalue weighted by Crippen LogP contribution is -2.46. The van der Waals surface area contributed by atoms with Crippen molar-refractivity contribution in [2.24, 2.45) is 11.8 Å². The van der Waals surface area contributed by atoms with Crippen LogP contribution >= 0.6 is 0 Å². The summed E-state index contributed by atoms with van der Waals surface area (Å²) < 4.78 is 27.2. The van der Waals surface area contributed by atoms with Crippen LogP contribution in [0.15, 0.2) is 23.2 Å². The number of nitrogens with one attached hydrogen (secondary N) is 1. The molecule has 0 bridgehead atoms. The molecular formula is C13H20N4O2S. The lowest BCUT2D eigenvalue weighted by atomic mass is 9.94. The molecule has 7 heteroatoms. The summed E-state index contributed by atoms with van der Waals surface area (Å²) in [5.41, 5.74) is 2.40. The van der Waals surface area contributed by atoms with Gasteiger partial charge in [0.05, 0.1) is 0 Å². The number of pyridine rings is 1. The van der Waals surface area contributed by atoms with Gasteiger partial charge in [0, 0.05) is 18.8 Å². The second kappa shape index (κ2) is 5.31. The van der Waals surface area contributed by atoms with Gasteiger partial charge in [-0.1, -0.05) is 6.42 Å². The Morgan fingerprint density at radius 1 is 1.25 bits per heavy atom. The van der Waals surface area contributed by atoms with E-state index in [-0.39, 0.29) is 10.9 Å². The van der Waals surface area contributed by atoms with Crippen molar-refractivity contribution in [2.75, 3.05) is 12.0 Å². The minimum Gasteiger partial charge on any atom is -0.308 e. The molecule has 20 heavy (non-hydrogen) atoms. The molecule has 1 aliphatic heterocycles. The zero-order valence-electron chi connectivity index (χ0n) is 11.3.